The fourth-order valence-corrected chi connectivity index (χ4v) is 4.54. The van der Waals surface area contributed by atoms with Crippen LogP contribution in [0.15, 0.2) is 88.9 Å². The summed E-state index contributed by atoms with van der Waals surface area (Å²) >= 11 is 0. The zero-order valence-corrected chi connectivity index (χ0v) is 21.0. The first kappa shape index (κ1) is 26.1. The standard InChI is InChI=1S/C27H31N3O4S/c1-20(2)16-26(30-35(32,33)25-14-12-21(3)13-15-25)27(31)29-28-18-23-10-7-11-24(17-23)34-19-22-8-5-4-6-9-22/h4-15,17-18,20,26,30H,16,19H2,1-3H3,(H,29,31)/b28-18-/t26-/m0/s1. The molecule has 1 amide bonds. The van der Waals surface area contributed by atoms with E-state index in [2.05, 4.69) is 15.2 Å². The molecule has 0 aliphatic heterocycles. The second-order valence-corrected chi connectivity index (χ2v) is 10.4. The fraction of sp³-hybridized carbons (Fsp3) is 0.259. The number of carbonyl (C=O) groups excluding carboxylic acids is 1. The van der Waals surface area contributed by atoms with Gasteiger partial charge in [-0.25, -0.2) is 13.8 Å². The van der Waals surface area contributed by atoms with Gasteiger partial charge < -0.3 is 4.74 Å². The van der Waals surface area contributed by atoms with Crippen LogP contribution in [0.3, 0.4) is 0 Å². The third-order valence-corrected chi connectivity index (χ3v) is 6.63. The number of sulfonamides is 1. The number of rotatable bonds is 11. The summed E-state index contributed by atoms with van der Waals surface area (Å²) in [6.07, 6.45) is 1.82. The minimum Gasteiger partial charge on any atom is -0.489 e. The van der Waals surface area contributed by atoms with Gasteiger partial charge in [0.1, 0.15) is 18.4 Å². The molecule has 1 atom stereocenters. The number of hydrogen-bond acceptors (Lipinski definition) is 5. The highest BCUT2D eigenvalue weighted by Gasteiger charge is 2.26. The SMILES string of the molecule is Cc1ccc(S(=O)(=O)N[C@@H](CC(C)C)C(=O)N/N=C\c2cccc(OCc3ccccc3)c2)cc1. The molecule has 3 aromatic rings. The minimum atomic E-state index is -3.86. The molecule has 184 valence electrons. The molecule has 0 spiro atoms. The first-order chi connectivity index (χ1) is 16.7. The molecule has 0 saturated carbocycles. The van der Waals surface area contributed by atoms with Crippen LogP contribution in [0, 0.1) is 12.8 Å². The maximum absolute atomic E-state index is 12.8. The number of ether oxygens (including phenoxy) is 1. The van der Waals surface area contributed by atoms with E-state index in [4.69, 9.17) is 4.74 Å². The second kappa shape index (κ2) is 12.3. The highest BCUT2D eigenvalue weighted by Crippen LogP contribution is 2.15. The van der Waals surface area contributed by atoms with Crippen LogP contribution in [0.25, 0.3) is 0 Å². The molecule has 0 fully saturated rings. The second-order valence-electron chi connectivity index (χ2n) is 8.70. The van der Waals surface area contributed by atoms with Crippen LogP contribution in [-0.2, 0) is 21.4 Å². The Labute approximate surface area is 207 Å². The summed E-state index contributed by atoms with van der Waals surface area (Å²) in [6.45, 7) is 6.16. The van der Waals surface area contributed by atoms with Crippen molar-refractivity contribution in [3.8, 4) is 5.75 Å². The monoisotopic (exact) mass is 493 g/mol. The highest BCUT2D eigenvalue weighted by atomic mass is 32.2. The summed E-state index contributed by atoms with van der Waals surface area (Å²) in [7, 11) is -3.86. The molecule has 35 heavy (non-hydrogen) atoms. The fourth-order valence-electron chi connectivity index (χ4n) is 3.33. The minimum absolute atomic E-state index is 0.0916. The molecule has 0 saturated heterocycles. The van der Waals surface area contributed by atoms with Crippen LogP contribution in [-0.4, -0.2) is 26.6 Å². The zero-order valence-electron chi connectivity index (χ0n) is 20.1. The Morgan fingerprint density at radius 1 is 1.00 bits per heavy atom. The highest BCUT2D eigenvalue weighted by molar-refractivity contribution is 7.89. The molecule has 0 radical (unpaired) electrons. The zero-order chi connectivity index (χ0) is 25.3. The number of amides is 1. The predicted octanol–water partition coefficient (Wildman–Crippen LogP) is 4.42. The van der Waals surface area contributed by atoms with Crippen molar-refractivity contribution in [2.45, 2.75) is 44.7 Å². The maximum atomic E-state index is 12.8. The lowest BCUT2D eigenvalue weighted by Crippen LogP contribution is -2.46. The van der Waals surface area contributed by atoms with E-state index in [0.29, 0.717) is 18.8 Å². The first-order valence-electron chi connectivity index (χ1n) is 11.4. The molecule has 8 heteroatoms. The molecule has 0 unspecified atom stereocenters. The third-order valence-electron chi connectivity index (χ3n) is 5.15. The van der Waals surface area contributed by atoms with E-state index in [0.717, 1.165) is 16.7 Å². The number of nitrogens with one attached hydrogen (secondary N) is 2. The van der Waals surface area contributed by atoms with E-state index in [9.17, 15) is 13.2 Å². The summed E-state index contributed by atoms with van der Waals surface area (Å²) < 4.78 is 33.9. The van der Waals surface area contributed by atoms with Crippen molar-refractivity contribution in [1.82, 2.24) is 10.1 Å². The Hall–Kier alpha value is -3.49. The first-order valence-corrected chi connectivity index (χ1v) is 12.9. The van der Waals surface area contributed by atoms with E-state index in [1.54, 1.807) is 12.1 Å². The van der Waals surface area contributed by atoms with Gasteiger partial charge in [-0.3, -0.25) is 4.79 Å². The average molecular weight is 494 g/mol. The topological polar surface area (TPSA) is 96.9 Å². The number of benzene rings is 3. The summed E-state index contributed by atoms with van der Waals surface area (Å²) in [5.41, 5.74) is 5.20. The normalized spacial score (nSPS) is 12.6. The van der Waals surface area contributed by atoms with Crippen molar-refractivity contribution >= 4 is 22.1 Å². The van der Waals surface area contributed by atoms with Crippen LogP contribution in [0.2, 0.25) is 0 Å². The van der Waals surface area contributed by atoms with Gasteiger partial charge in [0.25, 0.3) is 5.91 Å². The van der Waals surface area contributed by atoms with Gasteiger partial charge in [-0.05, 0) is 54.7 Å². The van der Waals surface area contributed by atoms with Crippen molar-refractivity contribution in [3.63, 3.8) is 0 Å². The molecule has 7 nitrogen and oxygen atoms in total. The van der Waals surface area contributed by atoms with Crippen molar-refractivity contribution in [2.75, 3.05) is 0 Å². The average Bonchev–Trinajstić information content (AvgIpc) is 2.83. The Morgan fingerprint density at radius 2 is 1.71 bits per heavy atom. The van der Waals surface area contributed by atoms with Crippen LogP contribution < -0.4 is 14.9 Å². The lowest BCUT2D eigenvalue weighted by molar-refractivity contribution is -0.123. The summed E-state index contributed by atoms with van der Waals surface area (Å²) in [4.78, 5) is 12.9. The third kappa shape index (κ3) is 8.35. The molecule has 0 heterocycles. The Balaban J connectivity index is 1.62. The molecular weight excluding hydrogens is 462 g/mol. The molecule has 0 bridgehead atoms. The number of hydrazone groups is 1. The van der Waals surface area contributed by atoms with Crippen molar-refractivity contribution < 1.29 is 17.9 Å². The molecule has 2 N–H and O–H groups in total. The lowest BCUT2D eigenvalue weighted by Gasteiger charge is -2.19. The van der Waals surface area contributed by atoms with Gasteiger partial charge in [0.2, 0.25) is 10.0 Å². The summed E-state index contributed by atoms with van der Waals surface area (Å²) in [5.74, 6) is 0.240. The van der Waals surface area contributed by atoms with Crippen molar-refractivity contribution in [1.29, 1.82) is 0 Å². The smallest absolute Gasteiger partial charge is 0.258 e. The van der Waals surface area contributed by atoms with E-state index in [-0.39, 0.29) is 10.8 Å². The molecule has 3 aromatic carbocycles. The van der Waals surface area contributed by atoms with Gasteiger partial charge in [-0.1, -0.05) is 74.0 Å². The molecule has 0 aliphatic carbocycles. The van der Waals surface area contributed by atoms with Crippen LogP contribution in [0.1, 0.15) is 37.0 Å². The van der Waals surface area contributed by atoms with Gasteiger partial charge >= 0.3 is 0 Å². The number of aryl methyl sites for hydroxylation is 1. The molecular formula is C27H31N3O4S. The summed E-state index contributed by atoms with van der Waals surface area (Å²) in [5, 5.41) is 4.03. The van der Waals surface area contributed by atoms with Gasteiger partial charge in [-0.15, -0.1) is 0 Å². The summed E-state index contributed by atoms with van der Waals surface area (Å²) in [6, 6.07) is 22.7. The van der Waals surface area contributed by atoms with Gasteiger partial charge in [0.15, 0.2) is 0 Å². The lowest BCUT2D eigenvalue weighted by atomic mass is 10.0. The molecule has 0 aliphatic rings. The van der Waals surface area contributed by atoms with Crippen molar-refractivity contribution in [2.24, 2.45) is 11.0 Å². The number of nitrogens with zero attached hydrogens (tertiary/aromatic N) is 1. The Bertz CT molecular complexity index is 1240. The van der Waals surface area contributed by atoms with Crippen molar-refractivity contribution in [3.05, 3.63) is 95.6 Å². The quantitative estimate of drug-likeness (QED) is 0.305. The van der Waals surface area contributed by atoms with Crippen LogP contribution in [0.5, 0.6) is 5.75 Å². The predicted molar refractivity (Wildman–Crippen MR) is 138 cm³/mol. The molecule has 3 rings (SSSR count). The Morgan fingerprint density at radius 3 is 2.40 bits per heavy atom. The van der Waals surface area contributed by atoms with Gasteiger partial charge in [0.05, 0.1) is 11.1 Å². The number of carbonyl (C=O) groups is 1. The Kier molecular flexibility index (Phi) is 9.17. The van der Waals surface area contributed by atoms with Crippen LogP contribution in [0.4, 0.5) is 0 Å². The maximum Gasteiger partial charge on any atom is 0.258 e. The molecule has 0 aromatic heterocycles. The van der Waals surface area contributed by atoms with Crippen LogP contribution >= 0.6 is 0 Å². The largest absolute Gasteiger partial charge is 0.489 e. The number of hydrogen-bond donors (Lipinski definition) is 2. The van der Waals surface area contributed by atoms with E-state index in [1.807, 2.05) is 75.4 Å². The van der Waals surface area contributed by atoms with E-state index >= 15 is 0 Å². The van der Waals surface area contributed by atoms with E-state index < -0.39 is 22.0 Å². The van der Waals surface area contributed by atoms with Gasteiger partial charge in [-0.2, -0.15) is 9.82 Å². The van der Waals surface area contributed by atoms with Gasteiger partial charge in [0, 0.05) is 0 Å². The van der Waals surface area contributed by atoms with E-state index in [1.165, 1.54) is 18.3 Å².